The van der Waals surface area contributed by atoms with Crippen LogP contribution < -0.4 is 5.32 Å². The Labute approximate surface area is 185 Å². The second-order valence-electron chi connectivity index (χ2n) is 6.65. The molecular weight excluding hydrogens is 453 g/mol. The summed E-state index contributed by atoms with van der Waals surface area (Å²) in [5.74, 6) is -0.258. The lowest BCUT2D eigenvalue weighted by atomic mass is 10.2. The Balaban J connectivity index is 1.64. The number of rotatable bonds is 6. The summed E-state index contributed by atoms with van der Waals surface area (Å²) in [5, 5.41) is 3.47. The Morgan fingerprint density at radius 2 is 1.90 bits per heavy atom. The Morgan fingerprint density at radius 3 is 2.55 bits per heavy atom. The highest BCUT2D eigenvalue weighted by molar-refractivity contribution is 8.00. The lowest BCUT2D eigenvalue weighted by molar-refractivity contribution is -0.115. The van der Waals surface area contributed by atoms with Crippen molar-refractivity contribution in [2.45, 2.75) is 41.4 Å². The highest BCUT2D eigenvalue weighted by atomic mass is 35.5. The number of nitrogens with zero attached hydrogens (tertiary/aromatic N) is 2. The molecule has 6 nitrogen and oxygen atoms in total. The van der Waals surface area contributed by atoms with Crippen LogP contribution in [0.4, 0.5) is 5.69 Å². The number of aromatic nitrogens is 1. The van der Waals surface area contributed by atoms with E-state index in [2.05, 4.69) is 10.3 Å². The van der Waals surface area contributed by atoms with Gasteiger partial charge in [0.2, 0.25) is 15.9 Å². The number of nitrogens with one attached hydrogen (secondary N) is 1. The van der Waals surface area contributed by atoms with E-state index in [1.165, 1.54) is 28.3 Å². The van der Waals surface area contributed by atoms with E-state index in [0.717, 1.165) is 19.3 Å². The summed E-state index contributed by atoms with van der Waals surface area (Å²) in [7, 11) is -3.52. The number of carbonyl (C=O) groups excluding carboxylic acids is 1. The molecule has 2 aromatic rings. The van der Waals surface area contributed by atoms with Gasteiger partial charge in [-0.3, -0.25) is 4.79 Å². The zero-order chi connectivity index (χ0) is 21.0. The van der Waals surface area contributed by atoms with Gasteiger partial charge < -0.3 is 5.32 Å². The summed E-state index contributed by atoms with van der Waals surface area (Å²) in [4.78, 5) is 16.9. The van der Waals surface area contributed by atoms with Gasteiger partial charge in [0.1, 0.15) is 4.90 Å². The van der Waals surface area contributed by atoms with Gasteiger partial charge in [-0.05, 0) is 44.0 Å². The minimum absolute atomic E-state index is 0.173. The molecule has 1 aliphatic heterocycles. The Morgan fingerprint density at radius 1 is 1.17 bits per heavy atom. The standard InChI is InChI=1S/C19H21Cl2N3O3S2/c1-13(19(25)23-16-7-5-6-15(20)18(16)21)28-17-9-8-14(12-22-17)29(26,27)24-10-3-2-4-11-24/h5-9,12-13H,2-4,10-11H2,1H3,(H,23,25). The molecule has 1 atom stereocenters. The number of amides is 1. The normalized spacial score (nSPS) is 16.4. The van der Waals surface area contributed by atoms with Crippen LogP contribution in [0.5, 0.6) is 0 Å². The molecule has 1 aliphatic rings. The Hall–Kier alpha value is -1.32. The number of halogens is 2. The SMILES string of the molecule is CC(Sc1ccc(S(=O)(=O)N2CCCCC2)cn1)C(=O)Nc1cccc(Cl)c1Cl. The molecule has 0 aliphatic carbocycles. The van der Waals surface area contributed by atoms with Crippen LogP contribution in [-0.4, -0.2) is 42.0 Å². The van der Waals surface area contributed by atoms with E-state index in [0.29, 0.717) is 28.8 Å². The van der Waals surface area contributed by atoms with Gasteiger partial charge >= 0.3 is 0 Å². The number of thioether (sulfide) groups is 1. The summed E-state index contributed by atoms with van der Waals surface area (Å²) < 4.78 is 26.9. The van der Waals surface area contributed by atoms with Gasteiger partial charge in [0, 0.05) is 19.3 Å². The summed E-state index contributed by atoms with van der Waals surface area (Å²) in [5.41, 5.74) is 0.438. The minimum atomic E-state index is -3.52. The zero-order valence-electron chi connectivity index (χ0n) is 15.8. The number of sulfonamides is 1. The van der Waals surface area contributed by atoms with Crippen molar-refractivity contribution in [2.24, 2.45) is 0 Å². The van der Waals surface area contributed by atoms with E-state index >= 15 is 0 Å². The number of anilines is 1. The van der Waals surface area contributed by atoms with Gasteiger partial charge in [-0.1, -0.05) is 47.5 Å². The van der Waals surface area contributed by atoms with Crippen LogP contribution in [0.25, 0.3) is 0 Å². The first-order valence-corrected chi connectivity index (χ1v) is 12.2. The van der Waals surface area contributed by atoms with Crippen LogP contribution in [0, 0.1) is 0 Å². The lowest BCUT2D eigenvalue weighted by Gasteiger charge is -2.25. The number of carbonyl (C=O) groups is 1. The molecule has 1 N–H and O–H groups in total. The third-order valence-corrected chi connectivity index (χ3v) is 8.29. The van der Waals surface area contributed by atoms with Crippen molar-refractivity contribution in [1.29, 1.82) is 0 Å². The number of benzene rings is 1. The molecule has 1 saturated heterocycles. The number of piperidine rings is 1. The van der Waals surface area contributed by atoms with Crippen molar-refractivity contribution in [3.8, 4) is 0 Å². The van der Waals surface area contributed by atoms with E-state index in [4.69, 9.17) is 23.2 Å². The molecule has 156 valence electrons. The molecule has 0 spiro atoms. The maximum atomic E-state index is 12.7. The summed E-state index contributed by atoms with van der Waals surface area (Å²) in [6.45, 7) is 2.82. The molecule has 0 radical (unpaired) electrons. The third kappa shape index (κ3) is 5.44. The second kappa shape index (κ2) is 9.66. The van der Waals surface area contributed by atoms with Gasteiger partial charge in [-0.2, -0.15) is 4.31 Å². The first-order valence-electron chi connectivity index (χ1n) is 9.17. The Kier molecular flexibility index (Phi) is 7.45. The molecule has 1 aromatic carbocycles. The van der Waals surface area contributed by atoms with E-state index in [9.17, 15) is 13.2 Å². The van der Waals surface area contributed by atoms with E-state index < -0.39 is 15.3 Å². The predicted molar refractivity (Wildman–Crippen MR) is 117 cm³/mol. The quantitative estimate of drug-likeness (QED) is 0.615. The first kappa shape index (κ1) is 22.4. The van der Waals surface area contributed by atoms with Crippen LogP contribution in [0.3, 0.4) is 0 Å². The average molecular weight is 474 g/mol. The molecule has 0 bridgehead atoms. The topological polar surface area (TPSA) is 79.4 Å². The van der Waals surface area contributed by atoms with Crippen LogP contribution >= 0.6 is 35.0 Å². The van der Waals surface area contributed by atoms with Crippen LogP contribution in [0.15, 0.2) is 46.5 Å². The van der Waals surface area contributed by atoms with Gasteiger partial charge in [0.05, 0.1) is 26.0 Å². The largest absolute Gasteiger partial charge is 0.324 e. The Bertz CT molecular complexity index is 979. The molecule has 0 saturated carbocycles. The highest BCUT2D eigenvalue weighted by Gasteiger charge is 2.26. The van der Waals surface area contributed by atoms with Crippen LogP contribution in [-0.2, 0) is 14.8 Å². The number of hydrogen-bond donors (Lipinski definition) is 1. The average Bonchev–Trinajstić information content (AvgIpc) is 2.72. The molecule has 29 heavy (non-hydrogen) atoms. The molecule has 3 rings (SSSR count). The predicted octanol–water partition coefficient (Wildman–Crippen LogP) is 4.68. The monoisotopic (exact) mass is 473 g/mol. The fourth-order valence-electron chi connectivity index (χ4n) is 2.91. The fourth-order valence-corrected chi connectivity index (χ4v) is 5.51. The molecule has 1 fully saturated rings. The maximum Gasteiger partial charge on any atom is 0.244 e. The second-order valence-corrected chi connectivity index (χ2v) is 10.7. The lowest BCUT2D eigenvalue weighted by Crippen LogP contribution is -2.35. The fraction of sp³-hybridized carbons (Fsp3) is 0.368. The number of pyridine rings is 1. The van der Waals surface area contributed by atoms with Crippen molar-refractivity contribution in [2.75, 3.05) is 18.4 Å². The van der Waals surface area contributed by atoms with Gasteiger partial charge in [0.15, 0.2) is 0 Å². The summed E-state index contributed by atoms with van der Waals surface area (Å²) in [6, 6.07) is 8.17. The van der Waals surface area contributed by atoms with Gasteiger partial charge in [-0.25, -0.2) is 13.4 Å². The minimum Gasteiger partial charge on any atom is -0.324 e. The summed E-state index contributed by atoms with van der Waals surface area (Å²) >= 11 is 13.3. The molecule has 10 heteroatoms. The van der Waals surface area contributed by atoms with Crippen molar-refractivity contribution >= 4 is 56.6 Å². The summed E-state index contributed by atoms with van der Waals surface area (Å²) in [6.07, 6.45) is 4.17. The molecule has 1 unspecified atom stereocenters. The van der Waals surface area contributed by atoms with E-state index in [-0.39, 0.29) is 15.8 Å². The molecule has 1 amide bonds. The maximum absolute atomic E-state index is 12.7. The molecular formula is C19H21Cl2N3O3S2. The van der Waals surface area contributed by atoms with E-state index in [1.807, 2.05) is 0 Å². The highest BCUT2D eigenvalue weighted by Crippen LogP contribution is 2.31. The van der Waals surface area contributed by atoms with Crippen LogP contribution in [0.2, 0.25) is 10.0 Å². The third-order valence-electron chi connectivity index (χ3n) is 4.54. The van der Waals surface area contributed by atoms with Gasteiger partial charge in [-0.15, -0.1) is 0 Å². The number of hydrogen-bond acceptors (Lipinski definition) is 5. The molecule has 2 heterocycles. The zero-order valence-corrected chi connectivity index (χ0v) is 18.9. The van der Waals surface area contributed by atoms with Crippen molar-refractivity contribution < 1.29 is 13.2 Å². The van der Waals surface area contributed by atoms with E-state index in [1.54, 1.807) is 31.2 Å². The van der Waals surface area contributed by atoms with Gasteiger partial charge in [0.25, 0.3) is 0 Å². The first-order chi connectivity index (χ1) is 13.8. The van der Waals surface area contributed by atoms with Crippen molar-refractivity contribution in [1.82, 2.24) is 9.29 Å². The van der Waals surface area contributed by atoms with Crippen molar-refractivity contribution in [3.63, 3.8) is 0 Å². The smallest absolute Gasteiger partial charge is 0.244 e. The molecule has 1 aromatic heterocycles. The van der Waals surface area contributed by atoms with Crippen LogP contribution in [0.1, 0.15) is 26.2 Å². The van der Waals surface area contributed by atoms with Crippen molar-refractivity contribution in [3.05, 3.63) is 46.6 Å².